The molecule has 0 fully saturated rings. The van der Waals surface area contributed by atoms with Crippen molar-refractivity contribution in [3.05, 3.63) is 45.9 Å². The molecule has 1 aliphatic rings. The van der Waals surface area contributed by atoms with Crippen LogP contribution in [0.25, 0.3) is 0 Å². The Morgan fingerprint density at radius 3 is 2.91 bits per heavy atom. The molecule has 6 nitrogen and oxygen atoms in total. The zero-order valence-corrected chi connectivity index (χ0v) is 12.2. The molecule has 8 heteroatoms. The number of H-pyrrole nitrogens is 1. The molecule has 0 bridgehead atoms. The number of nitrogens with one attached hydrogen (secondary N) is 2. The fourth-order valence-corrected chi connectivity index (χ4v) is 2.90. The summed E-state index contributed by atoms with van der Waals surface area (Å²) < 4.78 is 18.9. The third kappa shape index (κ3) is 2.23. The number of carbonyl (C=O) groups is 2. The van der Waals surface area contributed by atoms with E-state index in [-0.39, 0.29) is 34.4 Å². The smallest absolute Gasteiger partial charge is 0.356 e. The molecule has 1 aromatic carbocycles. The summed E-state index contributed by atoms with van der Waals surface area (Å²) in [6, 6.07) is 4.26. The summed E-state index contributed by atoms with van der Waals surface area (Å²) in [5, 5.41) is 9.14. The molecule has 1 aliphatic heterocycles. The Hall–Kier alpha value is -2.41. The molecule has 0 radical (unpaired) electrons. The second-order valence-electron chi connectivity index (χ2n) is 4.79. The second-order valence-corrected chi connectivity index (χ2v) is 5.20. The number of hydrogen-bond acceptors (Lipinski definition) is 4. The third-order valence-electron chi connectivity index (χ3n) is 3.54. The van der Waals surface area contributed by atoms with E-state index in [4.69, 9.17) is 11.6 Å². The second kappa shape index (κ2) is 5.42. The van der Waals surface area contributed by atoms with Crippen LogP contribution in [-0.4, -0.2) is 29.2 Å². The number of hydrogen-bond donors (Lipinski definition) is 2. The standard InChI is InChI=1S/C14H11ClFN3O3/c1-22-14(21)12-11-6(5-9(20)17-13(11)19-18-12)10-7(15)3-2-4-8(10)16/h2-4,6H,5H2,1H3,(H2,17,18,19,20). The molecule has 0 aliphatic carbocycles. The lowest BCUT2D eigenvalue weighted by Gasteiger charge is -2.24. The predicted octanol–water partition coefficient (Wildman–Crippen LogP) is 2.46. The van der Waals surface area contributed by atoms with Gasteiger partial charge < -0.3 is 10.1 Å². The SMILES string of the molecule is COC(=O)c1[nH]nc2c1C(c1c(F)cccc1Cl)CC(=O)N2. The summed E-state index contributed by atoms with van der Waals surface area (Å²) in [6.45, 7) is 0. The number of ether oxygens (including phenoxy) is 1. The van der Waals surface area contributed by atoms with Gasteiger partial charge in [0.05, 0.1) is 7.11 Å². The van der Waals surface area contributed by atoms with Crippen LogP contribution in [0, 0.1) is 5.82 Å². The van der Waals surface area contributed by atoms with Crippen LogP contribution < -0.4 is 5.32 Å². The maximum atomic E-state index is 14.2. The van der Waals surface area contributed by atoms with Crippen molar-refractivity contribution in [2.75, 3.05) is 12.4 Å². The van der Waals surface area contributed by atoms with Crippen LogP contribution in [0.4, 0.5) is 10.2 Å². The Bertz CT molecular complexity index is 754. The summed E-state index contributed by atoms with van der Waals surface area (Å²) in [6.07, 6.45) is -0.0445. The molecule has 0 saturated heterocycles. The molecule has 1 amide bonds. The summed E-state index contributed by atoms with van der Waals surface area (Å²) in [5.74, 6) is -2.07. The minimum absolute atomic E-state index is 0.0445. The first-order valence-electron chi connectivity index (χ1n) is 6.43. The van der Waals surface area contributed by atoms with Crippen molar-refractivity contribution in [2.45, 2.75) is 12.3 Å². The van der Waals surface area contributed by atoms with E-state index in [1.165, 1.54) is 25.3 Å². The number of aromatic amines is 1. The van der Waals surface area contributed by atoms with Crippen LogP contribution >= 0.6 is 11.6 Å². The van der Waals surface area contributed by atoms with Gasteiger partial charge in [0.2, 0.25) is 5.91 Å². The molecule has 2 aromatic rings. The Morgan fingerprint density at radius 1 is 1.45 bits per heavy atom. The predicted molar refractivity (Wildman–Crippen MR) is 76.4 cm³/mol. The minimum atomic E-state index is -0.717. The molecule has 3 rings (SSSR count). The van der Waals surface area contributed by atoms with E-state index >= 15 is 0 Å². The van der Waals surface area contributed by atoms with E-state index in [0.717, 1.165) is 0 Å². The molecule has 2 heterocycles. The molecule has 1 atom stereocenters. The molecule has 0 saturated carbocycles. The Labute approximate surface area is 129 Å². The van der Waals surface area contributed by atoms with E-state index in [1.54, 1.807) is 0 Å². The van der Waals surface area contributed by atoms with Crippen LogP contribution in [0.1, 0.15) is 34.0 Å². The highest BCUT2D eigenvalue weighted by molar-refractivity contribution is 6.31. The first kappa shape index (κ1) is 14.5. The first-order chi connectivity index (χ1) is 10.5. The normalized spacial score (nSPS) is 16.9. The van der Waals surface area contributed by atoms with E-state index in [0.29, 0.717) is 5.56 Å². The van der Waals surface area contributed by atoms with Gasteiger partial charge >= 0.3 is 5.97 Å². The molecule has 1 unspecified atom stereocenters. The number of nitrogens with zero attached hydrogens (tertiary/aromatic N) is 1. The molecular weight excluding hydrogens is 313 g/mol. The van der Waals surface area contributed by atoms with Gasteiger partial charge in [-0.15, -0.1) is 0 Å². The number of amides is 1. The van der Waals surface area contributed by atoms with E-state index in [9.17, 15) is 14.0 Å². The van der Waals surface area contributed by atoms with Gasteiger partial charge in [-0.2, -0.15) is 5.10 Å². The number of aromatic nitrogens is 2. The number of rotatable bonds is 2. The molecule has 114 valence electrons. The monoisotopic (exact) mass is 323 g/mol. The zero-order valence-electron chi connectivity index (χ0n) is 11.4. The highest BCUT2D eigenvalue weighted by Crippen LogP contribution is 2.41. The van der Waals surface area contributed by atoms with Crippen LogP contribution in [0.2, 0.25) is 5.02 Å². The van der Waals surface area contributed by atoms with Gasteiger partial charge in [0.1, 0.15) is 11.5 Å². The van der Waals surface area contributed by atoms with Crippen molar-refractivity contribution in [1.82, 2.24) is 10.2 Å². The minimum Gasteiger partial charge on any atom is -0.464 e. The van der Waals surface area contributed by atoms with Crippen LogP contribution in [0.5, 0.6) is 0 Å². The van der Waals surface area contributed by atoms with Crippen molar-refractivity contribution in [1.29, 1.82) is 0 Å². The first-order valence-corrected chi connectivity index (χ1v) is 6.81. The number of carbonyl (C=O) groups excluding carboxylic acids is 2. The van der Waals surface area contributed by atoms with Crippen molar-refractivity contribution in [3.63, 3.8) is 0 Å². The number of esters is 1. The lowest BCUT2D eigenvalue weighted by Crippen LogP contribution is -2.25. The summed E-state index contributed by atoms with van der Waals surface area (Å²) >= 11 is 6.09. The van der Waals surface area contributed by atoms with Crippen LogP contribution in [0.15, 0.2) is 18.2 Å². The van der Waals surface area contributed by atoms with Crippen LogP contribution in [0.3, 0.4) is 0 Å². The number of methoxy groups -OCH3 is 1. The van der Waals surface area contributed by atoms with Crippen LogP contribution in [-0.2, 0) is 9.53 Å². The largest absolute Gasteiger partial charge is 0.464 e. The maximum absolute atomic E-state index is 14.2. The van der Waals surface area contributed by atoms with Crippen molar-refractivity contribution >= 4 is 29.3 Å². The molecule has 22 heavy (non-hydrogen) atoms. The Morgan fingerprint density at radius 2 is 2.23 bits per heavy atom. The maximum Gasteiger partial charge on any atom is 0.356 e. The van der Waals surface area contributed by atoms with E-state index in [1.807, 2.05) is 0 Å². The van der Waals surface area contributed by atoms with Gasteiger partial charge in [-0.1, -0.05) is 17.7 Å². The van der Waals surface area contributed by atoms with Gasteiger partial charge in [0, 0.05) is 28.5 Å². The lowest BCUT2D eigenvalue weighted by atomic mass is 9.85. The Kier molecular flexibility index (Phi) is 3.58. The van der Waals surface area contributed by atoms with Crippen molar-refractivity contribution < 1.29 is 18.7 Å². The van der Waals surface area contributed by atoms with Gasteiger partial charge in [-0.05, 0) is 12.1 Å². The fraction of sp³-hybridized carbons (Fsp3) is 0.214. The molecule has 2 N–H and O–H groups in total. The number of anilines is 1. The summed E-state index contributed by atoms with van der Waals surface area (Å²) in [7, 11) is 1.22. The molecule has 0 spiro atoms. The molecule has 1 aromatic heterocycles. The van der Waals surface area contributed by atoms with Gasteiger partial charge in [-0.25, -0.2) is 9.18 Å². The van der Waals surface area contributed by atoms with E-state index in [2.05, 4.69) is 20.3 Å². The third-order valence-corrected chi connectivity index (χ3v) is 3.87. The van der Waals surface area contributed by atoms with Gasteiger partial charge in [-0.3, -0.25) is 9.89 Å². The number of benzene rings is 1. The van der Waals surface area contributed by atoms with Gasteiger partial charge in [0.15, 0.2) is 5.82 Å². The fourth-order valence-electron chi connectivity index (χ4n) is 2.60. The molecular formula is C14H11ClFN3O3. The van der Waals surface area contributed by atoms with Gasteiger partial charge in [0.25, 0.3) is 0 Å². The Balaban J connectivity index is 2.21. The average Bonchev–Trinajstić information content (AvgIpc) is 2.89. The zero-order chi connectivity index (χ0) is 15.9. The van der Waals surface area contributed by atoms with Crippen molar-refractivity contribution in [2.24, 2.45) is 0 Å². The van der Waals surface area contributed by atoms with E-state index < -0.39 is 17.7 Å². The number of fused-ring (bicyclic) bond motifs is 1. The number of halogens is 2. The highest BCUT2D eigenvalue weighted by Gasteiger charge is 2.36. The average molecular weight is 324 g/mol. The quantitative estimate of drug-likeness (QED) is 0.831. The summed E-state index contributed by atoms with van der Waals surface area (Å²) in [5.41, 5.74) is 0.604. The summed E-state index contributed by atoms with van der Waals surface area (Å²) in [4.78, 5) is 23.7. The topological polar surface area (TPSA) is 84.1 Å². The van der Waals surface area contributed by atoms with Crippen molar-refractivity contribution in [3.8, 4) is 0 Å². The highest BCUT2D eigenvalue weighted by atomic mass is 35.5. The lowest BCUT2D eigenvalue weighted by molar-refractivity contribution is -0.116.